The number of ether oxygens (including phenoxy) is 2. The Morgan fingerprint density at radius 3 is 1.67 bits per heavy atom. The maximum atomic E-state index is 12.6. The molecule has 0 bridgehead atoms. The predicted octanol–water partition coefficient (Wildman–Crippen LogP) is 11.0. The zero-order chi connectivity index (χ0) is 37.7. The highest BCUT2D eigenvalue weighted by molar-refractivity contribution is 7.47. The molecule has 9 nitrogen and oxygen atoms in total. The summed E-state index contributed by atoms with van der Waals surface area (Å²) in [5, 5.41) is 0. The maximum absolute atomic E-state index is 12.6. The SMILES string of the molecule is CC/C=C\C/C=C\C/C=C\C/C=C\CCCCC(=O)OC(COC(=O)CCCCCCCCCCCCCCC)COP(=O)(O)OCCN(C)C. The highest BCUT2D eigenvalue weighted by atomic mass is 31.2. The van der Waals surface area contributed by atoms with Gasteiger partial charge in [-0.3, -0.25) is 18.6 Å². The first-order valence-corrected chi connectivity index (χ1v) is 21.4. The first-order chi connectivity index (χ1) is 24.7. The van der Waals surface area contributed by atoms with E-state index in [-0.39, 0.29) is 32.0 Å². The van der Waals surface area contributed by atoms with Gasteiger partial charge < -0.3 is 19.3 Å². The van der Waals surface area contributed by atoms with E-state index in [1.54, 1.807) is 0 Å². The molecule has 0 amide bonds. The lowest BCUT2D eigenvalue weighted by Gasteiger charge is -2.20. The number of carbonyl (C=O) groups excluding carboxylic acids is 2. The van der Waals surface area contributed by atoms with E-state index in [0.29, 0.717) is 13.0 Å². The summed E-state index contributed by atoms with van der Waals surface area (Å²) in [4.78, 5) is 36.9. The average Bonchev–Trinajstić information content (AvgIpc) is 3.09. The highest BCUT2D eigenvalue weighted by Crippen LogP contribution is 2.43. The molecule has 1 N–H and O–H groups in total. The Morgan fingerprint density at radius 1 is 0.627 bits per heavy atom. The molecule has 0 aromatic carbocycles. The van der Waals surface area contributed by atoms with Crippen LogP contribution in [0, 0.1) is 0 Å². The van der Waals surface area contributed by atoms with Gasteiger partial charge in [-0.2, -0.15) is 0 Å². The Hall–Kier alpha value is -2.03. The van der Waals surface area contributed by atoms with Gasteiger partial charge in [-0.15, -0.1) is 0 Å². The largest absolute Gasteiger partial charge is 0.472 e. The second kappa shape index (κ2) is 36.3. The number of esters is 2. The number of phosphoric acid groups is 1. The molecule has 0 aliphatic rings. The Balaban J connectivity index is 4.42. The molecular formula is C41H74NO8P. The van der Waals surface area contributed by atoms with Crippen molar-refractivity contribution in [3.63, 3.8) is 0 Å². The number of carbonyl (C=O) groups is 2. The van der Waals surface area contributed by atoms with Crippen LogP contribution in [0.1, 0.15) is 155 Å². The van der Waals surface area contributed by atoms with Crippen molar-refractivity contribution in [2.24, 2.45) is 0 Å². The summed E-state index contributed by atoms with van der Waals surface area (Å²) in [5.74, 6) is -0.853. The molecule has 296 valence electrons. The fourth-order valence-corrected chi connectivity index (χ4v) is 5.83. The second-order valence-electron chi connectivity index (χ2n) is 13.4. The Kier molecular flexibility index (Phi) is 34.9. The van der Waals surface area contributed by atoms with Crippen LogP contribution in [0.2, 0.25) is 0 Å². The number of hydrogen-bond donors (Lipinski definition) is 1. The van der Waals surface area contributed by atoms with Crippen molar-refractivity contribution < 1.29 is 37.6 Å². The van der Waals surface area contributed by atoms with E-state index in [9.17, 15) is 19.0 Å². The number of unbranched alkanes of at least 4 members (excludes halogenated alkanes) is 14. The van der Waals surface area contributed by atoms with Crippen molar-refractivity contribution in [3.05, 3.63) is 48.6 Å². The maximum Gasteiger partial charge on any atom is 0.472 e. The third kappa shape index (κ3) is 37.5. The zero-order valence-electron chi connectivity index (χ0n) is 32.8. The van der Waals surface area contributed by atoms with E-state index in [1.807, 2.05) is 19.0 Å². The lowest BCUT2D eigenvalue weighted by atomic mass is 10.0. The van der Waals surface area contributed by atoms with Crippen molar-refractivity contribution >= 4 is 19.8 Å². The van der Waals surface area contributed by atoms with Crippen LogP contribution >= 0.6 is 7.82 Å². The van der Waals surface area contributed by atoms with E-state index in [4.69, 9.17) is 18.5 Å². The monoisotopic (exact) mass is 740 g/mol. The van der Waals surface area contributed by atoms with E-state index in [0.717, 1.165) is 57.8 Å². The molecule has 0 heterocycles. The van der Waals surface area contributed by atoms with Crippen LogP contribution in [0.4, 0.5) is 0 Å². The molecule has 0 aliphatic heterocycles. The number of nitrogens with zero attached hydrogens (tertiary/aromatic N) is 1. The first-order valence-electron chi connectivity index (χ1n) is 19.9. The quantitative estimate of drug-likeness (QED) is 0.0290. The summed E-state index contributed by atoms with van der Waals surface area (Å²) >= 11 is 0. The Morgan fingerprint density at radius 2 is 1.12 bits per heavy atom. The molecule has 0 spiro atoms. The van der Waals surface area contributed by atoms with Gasteiger partial charge in [0.15, 0.2) is 6.10 Å². The van der Waals surface area contributed by atoms with Crippen LogP contribution in [0.5, 0.6) is 0 Å². The summed E-state index contributed by atoms with van der Waals surface area (Å²) in [6.07, 6.45) is 38.7. The molecule has 0 saturated carbocycles. The summed E-state index contributed by atoms with van der Waals surface area (Å²) < 4.78 is 33.3. The predicted molar refractivity (Wildman–Crippen MR) is 211 cm³/mol. The summed E-state index contributed by atoms with van der Waals surface area (Å²) in [6.45, 7) is 4.14. The summed E-state index contributed by atoms with van der Waals surface area (Å²) in [6, 6.07) is 0. The number of hydrogen-bond acceptors (Lipinski definition) is 8. The number of allylic oxidation sites excluding steroid dienone is 8. The molecule has 2 unspecified atom stereocenters. The molecule has 2 atom stereocenters. The van der Waals surface area contributed by atoms with Crippen LogP contribution in [-0.2, 0) is 32.7 Å². The minimum Gasteiger partial charge on any atom is -0.462 e. The van der Waals surface area contributed by atoms with E-state index in [1.165, 1.54) is 64.2 Å². The summed E-state index contributed by atoms with van der Waals surface area (Å²) in [5.41, 5.74) is 0. The second-order valence-corrected chi connectivity index (χ2v) is 14.9. The lowest BCUT2D eigenvalue weighted by molar-refractivity contribution is -0.161. The first kappa shape index (κ1) is 49.0. The van der Waals surface area contributed by atoms with Crippen molar-refractivity contribution in [2.45, 2.75) is 161 Å². The molecule has 0 saturated heterocycles. The third-order valence-corrected chi connectivity index (χ3v) is 9.13. The minimum atomic E-state index is -4.37. The fraction of sp³-hybridized carbons (Fsp3) is 0.756. The molecule has 0 radical (unpaired) electrons. The highest BCUT2D eigenvalue weighted by Gasteiger charge is 2.26. The Bertz CT molecular complexity index is 994. The molecule has 0 aromatic heterocycles. The number of rotatable bonds is 36. The Labute approximate surface area is 311 Å². The zero-order valence-corrected chi connectivity index (χ0v) is 33.7. The van der Waals surface area contributed by atoms with Gasteiger partial charge in [-0.1, -0.05) is 140 Å². The normalized spacial score (nSPS) is 14.0. The molecular weight excluding hydrogens is 665 g/mol. The van der Waals surface area contributed by atoms with Crippen LogP contribution in [0.15, 0.2) is 48.6 Å². The van der Waals surface area contributed by atoms with Gasteiger partial charge in [-0.25, -0.2) is 4.57 Å². The van der Waals surface area contributed by atoms with Gasteiger partial charge in [-0.05, 0) is 65.5 Å². The van der Waals surface area contributed by atoms with Gasteiger partial charge in [0.1, 0.15) is 6.61 Å². The molecule has 0 fully saturated rings. The fourth-order valence-electron chi connectivity index (χ4n) is 5.09. The third-order valence-electron chi connectivity index (χ3n) is 8.15. The number of likely N-dealkylation sites (N-methyl/N-ethyl adjacent to an activating group) is 1. The van der Waals surface area contributed by atoms with Crippen LogP contribution in [0.3, 0.4) is 0 Å². The van der Waals surface area contributed by atoms with Gasteiger partial charge in [0, 0.05) is 19.4 Å². The van der Waals surface area contributed by atoms with Crippen LogP contribution < -0.4 is 0 Å². The minimum absolute atomic E-state index is 0.00137. The van der Waals surface area contributed by atoms with Crippen LogP contribution in [0.25, 0.3) is 0 Å². The lowest BCUT2D eigenvalue weighted by Crippen LogP contribution is -2.29. The van der Waals surface area contributed by atoms with Gasteiger partial charge in [0.25, 0.3) is 0 Å². The molecule has 0 aromatic rings. The van der Waals surface area contributed by atoms with E-state index >= 15 is 0 Å². The van der Waals surface area contributed by atoms with Gasteiger partial charge in [0.05, 0.1) is 13.2 Å². The van der Waals surface area contributed by atoms with Gasteiger partial charge in [0.2, 0.25) is 0 Å². The molecule has 51 heavy (non-hydrogen) atoms. The topological polar surface area (TPSA) is 112 Å². The number of phosphoric ester groups is 1. The molecule has 0 rings (SSSR count). The van der Waals surface area contributed by atoms with Gasteiger partial charge >= 0.3 is 19.8 Å². The van der Waals surface area contributed by atoms with E-state index in [2.05, 4.69) is 62.5 Å². The van der Waals surface area contributed by atoms with Crippen molar-refractivity contribution in [1.82, 2.24) is 4.90 Å². The molecule has 0 aliphatic carbocycles. The smallest absolute Gasteiger partial charge is 0.462 e. The standard InChI is InChI=1S/C41H74NO8P/c1-5-7-9-11-13-15-17-19-20-22-24-26-28-30-32-34-41(44)50-39(38-49-51(45,46)48-36-35-42(3)4)37-47-40(43)33-31-29-27-25-23-21-18-16-14-12-10-8-6-2/h7,9,13,15,19-20,24,26,39H,5-6,8,10-12,14,16-18,21-23,25,27-38H2,1-4H3,(H,45,46)/b9-7-,15-13-,20-19-,26-24-. The van der Waals surface area contributed by atoms with Crippen molar-refractivity contribution in [2.75, 3.05) is 40.5 Å². The van der Waals surface area contributed by atoms with Crippen LogP contribution in [-0.4, -0.2) is 68.3 Å². The average molecular weight is 740 g/mol. The van der Waals surface area contributed by atoms with Crippen molar-refractivity contribution in [1.29, 1.82) is 0 Å². The molecule has 10 heteroatoms. The summed E-state index contributed by atoms with van der Waals surface area (Å²) in [7, 11) is -0.734. The van der Waals surface area contributed by atoms with Crippen molar-refractivity contribution in [3.8, 4) is 0 Å². The van der Waals surface area contributed by atoms with E-state index < -0.39 is 26.5 Å².